The molecule has 0 unspecified atom stereocenters. The largest absolute Gasteiger partial charge is 0.394 e. The van der Waals surface area contributed by atoms with Crippen LogP contribution >= 0.6 is 0 Å². The smallest absolute Gasteiger partial charge is 0.254 e. The van der Waals surface area contributed by atoms with E-state index in [0.29, 0.717) is 25.1 Å². The van der Waals surface area contributed by atoms with E-state index in [4.69, 9.17) is 9.47 Å². The lowest BCUT2D eigenvalue weighted by Crippen LogP contribution is -2.38. The van der Waals surface area contributed by atoms with Crippen molar-refractivity contribution in [3.8, 4) is 0 Å². The second kappa shape index (κ2) is 6.83. The van der Waals surface area contributed by atoms with E-state index in [2.05, 4.69) is 0 Å². The summed E-state index contributed by atoms with van der Waals surface area (Å²) in [5, 5.41) is 9.41. The number of likely N-dealkylation sites (tertiary alicyclic amines) is 1. The van der Waals surface area contributed by atoms with Crippen LogP contribution in [-0.2, 0) is 16.1 Å². The normalized spacial score (nSPS) is 22.2. The van der Waals surface area contributed by atoms with Gasteiger partial charge in [0.05, 0.1) is 25.4 Å². The van der Waals surface area contributed by atoms with Crippen LogP contribution in [0.3, 0.4) is 0 Å². The summed E-state index contributed by atoms with van der Waals surface area (Å²) in [6.45, 7) is 0.962. The van der Waals surface area contributed by atoms with Crippen molar-refractivity contribution < 1.29 is 19.4 Å². The molecule has 0 spiro atoms. The number of carbonyl (C=O) groups is 1. The lowest BCUT2D eigenvalue weighted by atomic mass is 10.1. The first kappa shape index (κ1) is 15.0. The van der Waals surface area contributed by atoms with Crippen LogP contribution in [0.4, 0.5) is 0 Å². The Morgan fingerprint density at radius 3 is 2.90 bits per heavy atom. The summed E-state index contributed by atoms with van der Waals surface area (Å²) in [6, 6.07) is 7.22. The molecule has 0 radical (unpaired) electrons. The first-order valence-corrected chi connectivity index (χ1v) is 6.72. The molecular formula is C15H21NO4. The molecule has 1 aromatic rings. The number of carbonyl (C=O) groups excluding carboxylic acids is 1. The predicted molar refractivity (Wildman–Crippen MR) is 74.5 cm³/mol. The average Bonchev–Trinajstić information content (AvgIpc) is 2.90. The van der Waals surface area contributed by atoms with Crippen molar-refractivity contribution in [2.24, 2.45) is 0 Å². The molecule has 0 saturated carbocycles. The van der Waals surface area contributed by atoms with Gasteiger partial charge in [0.2, 0.25) is 0 Å². The van der Waals surface area contributed by atoms with Gasteiger partial charge in [-0.05, 0) is 24.1 Å². The maximum absolute atomic E-state index is 12.6. The highest BCUT2D eigenvalue weighted by Gasteiger charge is 2.35. The molecule has 1 saturated heterocycles. The number of rotatable bonds is 5. The maximum atomic E-state index is 12.6. The number of nitrogens with zero attached hydrogens (tertiary/aromatic N) is 1. The first-order valence-electron chi connectivity index (χ1n) is 6.72. The zero-order valence-electron chi connectivity index (χ0n) is 11.9. The SMILES string of the molecule is COCc1cccc(C(=O)N2C[C@@H](OC)C[C@H]2CO)c1. The molecule has 1 aliphatic rings. The number of hydrogen-bond donors (Lipinski definition) is 1. The van der Waals surface area contributed by atoms with Crippen molar-refractivity contribution in [2.45, 2.75) is 25.2 Å². The molecule has 0 aromatic heterocycles. The summed E-state index contributed by atoms with van der Waals surface area (Å²) in [4.78, 5) is 14.2. The van der Waals surface area contributed by atoms with Gasteiger partial charge in [0.15, 0.2) is 0 Å². The van der Waals surface area contributed by atoms with Crippen molar-refractivity contribution in [2.75, 3.05) is 27.4 Å². The van der Waals surface area contributed by atoms with E-state index in [0.717, 1.165) is 5.56 Å². The van der Waals surface area contributed by atoms with Crippen molar-refractivity contribution in [1.29, 1.82) is 0 Å². The number of aliphatic hydroxyl groups is 1. The Bertz CT molecular complexity index is 463. The average molecular weight is 279 g/mol. The van der Waals surface area contributed by atoms with Crippen molar-refractivity contribution in [3.05, 3.63) is 35.4 Å². The second-order valence-electron chi connectivity index (χ2n) is 5.02. The van der Waals surface area contributed by atoms with E-state index in [1.54, 1.807) is 25.2 Å². The predicted octanol–water partition coefficient (Wildman–Crippen LogP) is 1.05. The van der Waals surface area contributed by atoms with Gasteiger partial charge in [0.1, 0.15) is 0 Å². The monoisotopic (exact) mass is 279 g/mol. The maximum Gasteiger partial charge on any atom is 0.254 e. The van der Waals surface area contributed by atoms with Gasteiger partial charge in [-0.15, -0.1) is 0 Å². The topological polar surface area (TPSA) is 59.0 Å². The van der Waals surface area contributed by atoms with E-state index >= 15 is 0 Å². The molecule has 0 aliphatic carbocycles. The van der Waals surface area contributed by atoms with Gasteiger partial charge in [-0.2, -0.15) is 0 Å². The van der Waals surface area contributed by atoms with Crippen LogP contribution in [0.5, 0.6) is 0 Å². The molecule has 20 heavy (non-hydrogen) atoms. The Morgan fingerprint density at radius 1 is 1.45 bits per heavy atom. The minimum absolute atomic E-state index is 0.00161. The number of hydrogen-bond acceptors (Lipinski definition) is 4. The highest BCUT2D eigenvalue weighted by atomic mass is 16.5. The number of aliphatic hydroxyl groups excluding tert-OH is 1. The molecule has 0 bridgehead atoms. The second-order valence-corrected chi connectivity index (χ2v) is 5.02. The summed E-state index contributed by atoms with van der Waals surface area (Å²) in [5.41, 5.74) is 1.58. The third kappa shape index (κ3) is 3.17. The van der Waals surface area contributed by atoms with Crippen LogP contribution in [0.25, 0.3) is 0 Å². The van der Waals surface area contributed by atoms with Gasteiger partial charge in [-0.3, -0.25) is 4.79 Å². The van der Waals surface area contributed by atoms with Gasteiger partial charge in [0.25, 0.3) is 5.91 Å². The van der Waals surface area contributed by atoms with Crippen LogP contribution < -0.4 is 0 Å². The van der Waals surface area contributed by atoms with Gasteiger partial charge in [-0.25, -0.2) is 0 Å². The minimum atomic E-state index is -0.168. The Kier molecular flexibility index (Phi) is 5.11. The zero-order valence-corrected chi connectivity index (χ0v) is 11.9. The molecule has 1 amide bonds. The molecule has 110 valence electrons. The van der Waals surface area contributed by atoms with Crippen LogP contribution in [0.15, 0.2) is 24.3 Å². The van der Waals surface area contributed by atoms with Gasteiger partial charge < -0.3 is 19.5 Å². The molecular weight excluding hydrogens is 258 g/mol. The number of amides is 1. The molecule has 5 heteroatoms. The highest BCUT2D eigenvalue weighted by molar-refractivity contribution is 5.94. The van der Waals surface area contributed by atoms with E-state index in [-0.39, 0.29) is 24.7 Å². The fourth-order valence-electron chi connectivity index (χ4n) is 2.59. The lowest BCUT2D eigenvalue weighted by molar-refractivity contribution is 0.0647. The van der Waals surface area contributed by atoms with Crippen molar-refractivity contribution >= 4 is 5.91 Å². The highest BCUT2D eigenvalue weighted by Crippen LogP contribution is 2.22. The molecule has 2 rings (SSSR count). The summed E-state index contributed by atoms with van der Waals surface area (Å²) in [7, 11) is 3.26. The van der Waals surface area contributed by atoms with Crippen molar-refractivity contribution in [3.63, 3.8) is 0 Å². The number of benzene rings is 1. The Labute approximate surface area is 119 Å². The first-order chi connectivity index (χ1) is 9.69. The zero-order chi connectivity index (χ0) is 14.5. The summed E-state index contributed by atoms with van der Waals surface area (Å²) < 4.78 is 10.4. The van der Waals surface area contributed by atoms with Gasteiger partial charge in [-0.1, -0.05) is 12.1 Å². The molecule has 1 heterocycles. The van der Waals surface area contributed by atoms with Crippen LogP contribution in [0.1, 0.15) is 22.3 Å². The third-order valence-electron chi connectivity index (χ3n) is 3.67. The molecule has 5 nitrogen and oxygen atoms in total. The Morgan fingerprint density at radius 2 is 2.25 bits per heavy atom. The standard InChI is InChI=1S/C15H21NO4/c1-19-10-11-4-3-5-12(6-11)15(18)16-8-14(20-2)7-13(16)9-17/h3-6,13-14,17H,7-10H2,1-2H3/t13-,14-/m0/s1. The van der Waals surface area contributed by atoms with E-state index < -0.39 is 0 Å². The minimum Gasteiger partial charge on any atom is -0.394 e. The number of methoxy groups -OCH3 is 2. The van der Waals surface area contributed by atoms with E-state index in [1.165, 1.54) is 0 Å². The lowest BCUT2D eigenvalue weighted by Gasteiger charge is -2.23. The van der Waals surface area contributed by atoms with E-state index in [1.807, 2.05) is 18.2 Å². The quantitative estimate of drug-likeness (QED) is 0.875. The molecule has 1 aliphatic heterocycles. The van der Waals surface area contributed by atoms with Crippen molar-refractivity contribution in [1.82, 2.24) is 4.90 Å². The Balaban J connectivity index is 2.15. The molecule has 1 aromatic carbocycles. The van der Waals surface area contributed by atoms with E-state index in [9.17, 15) is 9.90 Å². The fraction of sp³-hybridized carbons (Fsp3) is 0.533. The molecule has 1 N–H and O–H groups in total. The van der Waals surface area contributed by atoms with Gasteiger partial charge in [0, 0.05) is 26.3 Å². The van der Waals surface area contributed by atoms with Crippen LogP contribution in [-0.4, -0.2) is 55.4 Å². The summed E-state index contributed by atoms with van der Waals surface area (Å²) in [6.07, 6.45) is 0.675. The summed E-state index contributed by atoms with van der Waals surface area (Å²) >= 11 is 0. The third-order valence-corrected chi connectivity index (χ3v) is 3.67. The molecule has 2 atom stereocenters. The fourth-order valence-corrected chi connectivity index (χ4v) is 2.59. The summed E-state index contributed by atoms with van der Waals surface area (Å²) in [5.74, 6) is -0.0680. The molecule has 1 fully saturated rings. The number of ether oxygens (including phenoxy) is 2. The van der Waals surface area contributed by atoms with Gasteiger partial charge >= 0.3 is 0 Å². The van der Waals surface area contributed by atoms with Crippen LogP contribution in [0, 0.1) is 0 Å². The Hall–Kier alpha value is -1.43. The van der Waals surface area contributed by atoms with Crippen LogP contribution in [0.2, 0.25) is 0 Å².